The van der Waals surface area contributed by atoms with Crippen molar-refractivity contribution in [2.24, 2.45) is 0 Å². The number of hydrogen-bond acceptors (Lipinski definition) is 4. The van der Waals surface area contributed by atoms with Crippen LogP contribution in [0, 0.1) is 6.92 Å². The number of aryl methyl sites for hydroxylation is 1. The van der Waals surface area contributed by atoms with Crippen LogP contribution in [-0.2, 0) is 9.84 Å². The average Bonchev–Trinajstić information content (AvgIpc) is 2.77. The predicted molar refractivity (Wildman–Crippen MR) is 75.5 cm³/mol. The molecule has 0 N–H and O–H groups in total. The van der Waals surface area contributed by atoms with E-state index in [-0.39, 0.29) is 30.5 Å². The van der Waals surface area contributed by atoms with Crippen LogP contribution < -0.4 is 0 Å². The molecule has 0 bridgehead atoms. The Kier molecular flexibility index (Phi) is 3.05. The fraction of sp³-hybridized carbons (Fsp3) is 0.357. The Bertz CT molecular complexity index is 762. The normalized spacial score (nSPS) is 18.4. The fourth-order valence-corrected chi connectivity index (χ4v) is 3.61. The van der Waals surface area contributed by atoms with Crippen molar-refractivity contribution in [1.82, 2.24) is 4.90 Å². The van der Waals surface area contributed by atoms with Gasteiger partial charge < -0.3 is 9.32 Å². The highest BCUT2D eigenvalue weighted by Crippen LogP contribution is 2.21. The molecule has 6 heteroatoms. The van der Waals surface area contributed by atoms with Gasteiger partial charge >= 0.3 is 0 Å². The Labute approximate surface area is 117 Å². The molecule has 3 rings (SSSR count). The molecule has 0 radical (unpaired) electrons. The molecule has 1 aromatic heterocycles. The maximum absolute atomic E-state index is 12.4. The number of furan rings is 1. The number of carbonyl (C=O) groups is 1. The second-order valence-electron chi connectivity index (χ2n) is 5.05. The Balaban J connectivity index is 1.85. The Morgan fingerprint density at radius 2 is 1.90 bits per heavy atom. The average molecular weight is 293 g/mol. The largest absolute Gasteiger partial charge is 0.461 e. The van der Waals surface area contributed by atoms with E-state index in [1.165, 1.54) is 0 Å². The summed E-state index contributed by atoms with van der Waals surface area (Å²) in [6.45, 7) is 2.39. The maximum Gasteiger partial charge on any atom is 0.253 e. The van der Waals surface area contributed by atoms with E-state index < -0.39 is 9.84 Å². The molecule has 2 aromatic rings. The molecule has 0 atom stereocenters. The third-order valence-electron chi connectivity index (χ3n) is 3.52. The summed E-state index contributed by atoms with van der Waals surface area (Å²) in [5, 5.41) is 0.887. The molecule has 0 spiro atoms. The van der Waals surface area contributed by atoms with Gasteiger partial charge in [0, 0.05) is 24.0 Å². The van der Waals surface area contributed by atoms with Gasteiger partial charge in [-0.25, -0.2) is 8.42 Å². The van der Waals surface area contributed by atoms with Crippen molar-refractivity contribution in [2.75, 3.05) is 24.6 Å². The molecule has 106 valence electrons. The first kappa shape index (κ1) is 13.2. The zero-order chi connectivity index (χ0) is 14.3. The standard InChI is InChI=1S/C14H15NO4S/c1-10-8-12-9-11(2-3-13(12)19-10)14(16)15-4-6-20(17,18)7-5-15/h2-3,8-9H,4-7H2,1H3. The third kappa shape index (κ3) is 2.43. The van der Waals surface area contributed by atoms with Crippen molar-refractivity contribution in [3.63, 3.8) is 0 Å². The molecule has 0 saturated carbocycles. The molecular formula is C14H15NO4S. The van der Waals surface area contributed by atoms with Gasteiger partial charge in [-0.3, -0.25) is 4.79 Å². The lowest BCUT2D eigenvalue weighted by atomic mass is 10.1. The summed E-state index contributed by atoms with van der Waals surface area (Å²) in [7, 11) is -2.97. The van der Waals surface area contributed by atoms with Crippen LogP contribution in [0.5, 0.6) is 0 Å². The summed E-state index contributed by atoms with van der Waals surface area (Å²) in [4.78, 5) is 14.0. The van der Waals surface area contributed by atoms with Crippen molar-refractivity contribution in [3.8, 4) is 0 Å². The molecule has 1 fully saturated rings. The van der Waals surface area contributed by atoms with Gasteiger partial charge in [0.1, 0.15) is 11.3 Å². The first-order chi connectivity index (χ1) is 9.44. The van der Waals surface area contributed by atoms with E-state index in [9.17, 15) is 13.2 Å². The van der Waals surface area contributed by atoms with Crippen molar-refractivity contribution in [1.29, 1.82) is 0 Å². The van der Waals surface area contributed by atoms with Crippen molar-refractivity contribution < 1.29 is 17.6 Å². The number of amides is 1. The van der Waals surface area contributed by atoms with Crippen molar-refractivity contribution >= 4 is 26.7 Å². The highest BCUT2D eigenvalue weighted by molar-refractivity contribution is 7.91. The number of nitrogens with zero attached hydrogens (tertiary/aromatic N) is 1. The first-order valence-electron chi connectivity index (χ1n) is 6.44. The lowest BCUT2D eigenvalue weighted by molar-refractivity contribution is 0.0770. The molecule has 20 heavy (non-hydrogen) atoms. The van der Waals surface area contributed by atoms with E-state index in [1.807, 2.05) is 13.0 Å². The summed E-state index contributed by atoms with van der Waals surface area (Å²) in [6, 6.07) is 7.16. The van der Waals surface area contributed by atoms with Crippen LogP contribution in [0.1, 0.15) is 16.1 Å². The lowest BCUT2D eigenvalue weighted by Gasteiger charge is -2.26. The number of benzene rings is 1. The maximum atomic E-state index is 12.4. The Hall–Kier alpha value is -1.82. The van der Waals surface area contributed by atoms with Gasteiger partial charge in [0.05, 0.1) is 11.5 Å². The number of rotatable bonds is 1. The smallest absolute Gasteiger partial charge is 0.253 e. The molecule has 2 heterocycles. The number of carbonyl (C=O) groups excluding carboxylic acids is 1. The molecule has 1 saturated heterocycles. The van der Waals surface area contributed by atoms with Crippen LogP contribution in [0.25, 0.3) is 11.0 Å². The molecule has 0 aliphatic carbocycles. The molecule has 1 aliphatic rings. The van der Waals surface area contributed by atoms with Gasteiger partial charge in [0.2, 0.25) is 0 Å². The van der Waals surface area contributed by atoms with Crippen molar-refractivity contribution in [3.05, 3.63) is 35.6 Å². The summed E-state index contributed by atoms with van der Waals surface area (Å²) < 4.78 is 28.2. The zero-order valence-electron chi connectivity index (χ0n) is 11.1. The van der Waals surface area contributed by atoms with E-state index in [4.69, 9.17) is 4.42 Å². The van der Waals surface area contributed by atoms with Gasteiger partial charge in [-0.2, -0.15) is 0 Å². The molecule has 1 aromatic carbocycles. The van der Waals surface area contributed by atoms with Crippen LogP contribution in [0.2, 0.25) is 0 Å². The quantitative estimate of drug-likeness (QED) is 0.801. The highest BCUT2D eigenvalue weighted by atomic mass is 32.2. The summed E-state index contributed by atoms with van der Waals surface area (Å²) >= 11 is 0. The van der Waals surface area contributed by atoms with Crippen LogP contribution in [0.4, 0.5) is 0 Å². The molecule has 0 unspecified atom stereocenters. The Morgan fingerprint density at radius 3 is 2.60 bits per heavy atom. The van der Waals surface area contributed by atoms with Crippen LogP contribution in [-0.4, -0.2) is 43.8 Å². The highest BCUT2D eigenvalue weighted by Gasteiger charge is 2.25. The number of fused-ring (bicyclic) bond motifs is 1. The van der Waals surface area contributed by atoms with Crippen LogP contribution in [0.15, 0.2) is 28.7 Å². The SMILES string of the molecule is Cc1cc2cc(C(=O)N3CCS(=O)(=O)CC3)ccc2o1. The van der Waals surface area contributed by atoms with Gasteiger partial charge in [-0.15, -0.1) is 0 Å². The van der Waals surface area contributed by atoms with E-state index in [0.29, 0.717) is 5.56 Å². The first-order valence-corrected chi connectivity index (χ1v) is 8.27. The van der Waals surface area contributed by atoms with Crippen LogP contribution in [0.3, 0.4) is 0 Å². The summed E-state index contributed by atoms with van der Waals surface area (Å²) in [5.41, 5.74) is 1.32. The van der Waals surface area contributed by atoms with Gasteiger partial charge in [0.25, 0.3) is 5.91 Å². The minimum Gasteiger partial charge on any atom is -0.461 e. The number of sulfone groups is 1. The van der Waals surface area contributed by atoms with Gasteiger partial charge in [-0.1, -0.05) is 0 Å². The second-order valence-corrected chi connectivity index (χ2v) is 7.36. The summed E-state index contributed by atoms with van der Waals surface area (Å²) in [5.74, 6) is 0.770. The predicted octanol–water partition coefficient (Wildman–Crippen LogP) is 1.61. The minimum atomic E-state index is -2.97. The minimum absolute atomic E-state index is 0.0474. The van der Waals surface area contributed by atoms with Gasteiger partial charge in [-0.05, 0) is 31.2 Å². The lowest BCUT2D eigenvalue weighted by Crippen LogP contribution is -2.43. The van der Waals surface area contributed by atoms with Crippen LogP contribution >= 0.6 is 0 Å². The third-order valence-corrected chi connectivity index (χ3v) is 5.13. The molecule has 1 amide bonds. The van der Waals surface area contributed by atoms with Crippen molar-refractivity contribution in [2.45, 2.75) is 6.92 Å². The monoisotopic (exact) mass is 293 g/mol. The molecule has 1 aliphatic heterocycles. The van der Waals surface area contributed by atoms with E-state index >= 15 is 0 Å². The van der Waals surface area contributed by atoms with E-state index in [2.05, 4.69) is 0 Å². The molecular weight excluding hydrogens is 278 g/mol. The van der Waals surface area contributed by atoms with Gasteiger partial charge in [0.15, 0.2) is 9.84 Å². The second kappa shape index (κ2) is 4.63. The molecule has 5 nitrogen and oxygen atoms in total. The van der Waals surface area contributed by atoms with E-state index in [0.717, 1.165) is 16.7 Å². The fourth-order valence-electron chi connectivity index (χ4n) is 2.41. The zero-order valence-corrected chi connectivity index (χ0v) is 11.9. The summed E-state index contributed by atoms with van der Waals surface area (Å²) in [6.07, 6.45) is 0. The van der Waals surface area contributed by atoms with E-state index in [1.54, 1.807) is 23.1 Å². The number of hydrogen-bond donors (Lipinski definition) is 0. The Morgan fingerprint density at radius 1 is 1.20 bits per heavy atom. The topological polar surface area (TPSA) is 67.6 Å².